The maximum atomic E-state index is 12.0. The Bertz CT molecular complexity index is 912. The molecule has 0 unspecified atom stereocenters. The van der Waals surface area contributed by atoms with Gasteiger partial charge in [0.2, 0.25) is 5.91 Å². The number of hydrogen-bond donors (Lipinski definition) is 1. The first kappa shape index (κ1) is 16.8. The molecular formula is C17H15N5O2S. The number of nitrogens with one attached hydrogen (secondary N) is 1. The third kappa shape index (κ3) is 4.08. The van der Waals surface area contributed by atoms with Crippen LogP contribution in [0.25, 0.3) is 11.6 Å². The van der Waals surface area contributed by atoms with Crippen molar-refractivity contribution in [3.63, 3.8) is 0 Å². The Hall–Kier alpha value is -3.05. The van der Waals surface area contributed by atoms with Crippen molar-refractivity contribution in [1.29, 1.82) is 5.26 Å². The van der Waals surface area contributed by atoms with Crippen molar-refractivity contribution >= 4 is 23.4 Å². The molecule has 2 aromatic heterocycles. The second kappa shape index (κ2) is 7.68. The molecule has 126 valence electrons. The Balaban J connectivity index is 1.53. The monoisotopic (exact) mass is 353 g/mol. The Morgan fingerprint density at radius 2 is 2.24 bits per heavy atom. The SMILES string of the molecule is Cn1c(SCCC(=O)Nc2cccc(C#N)c2)nnc1-c1ccco1. The zero-order valence-electron chi connectivity index (χ0n) is 13.5. The van der Waals surface area contributed by atoms with Gasteiger partial charge in [0.15, 0.2) is 16.7 Å². The van der Waals surface area contributed by atoms with Gasteiger partial charge in [-0.1, -0.05) is 17.8 Å². The van der Waals surface area contributed by atoms with Gasteiger partial charge in [-0.05, 0) is 30.3 Å². The minimum atomic E-state index is -0.115. The summed E-state index contributed by atoms with van der Waals surface area (Å²) in [6.45, 7) is 0. The van der Waals surface area contributed by atoms with E-state index in [4.69, 9.17) is 9.68 Å². The van der Waals surface area contributed by atoms with Gasteiger partial charge in [-0.2, -0.15) is 5.26 Å². The number of amides is 1. The molecule has 1 amide bonds. The van der Waals surface area contributed by atoms with Crippen LogP contribution in [-0.4, -0.2) is 26.4 Å². The molecule has 0 saturated heterocycles. The molecule has 0 bridgehead atoms. The molecule has 0 radical (unpaired) electrons. The zero-order chi connectivity index (χ0) is 17.6. The van der Waals surface area contributed by atoms with Gasteiger partial charge < -0.3 is 14.3 Å². The molecule has 0 spiro atoms. The summed E-state index contributed by atoms with van der Waals surface area (Å²) in [7, 11) is 1.85. The van der Waals surface area contributed by atoms with Crippen LogP contribution in [-0.2, 0) is 11.8 Å². The summed E-state index contributed by atoms with van der Waals surface area (Å²) in [6, 6.07) is 12.5. The maximum absolute atomic E-state index is 12.0. The van der Waals surface area contributed by atoms with Gasteiger partial charge in [0, 0.05) is 24.9 Å². The van der Waals surface area contributed by atoms with Gasteiger partial charge in [0.25, 0.3) is 0 Å². The molecule has 0 aliphatic rings. The first-order valence-corrected chi connectivity index (χ1v) is 8.52. The van der Waals surface area contributed by atoms with E-state index in [1.54, 1.807) is 36.6 Å². The predicted octanol–water partition coefficient (Wildman–Crippen LogP) is 3.07. The summed E-state index contributed by atoms with van der Waals surface area (Å²) in [6.07, 6.45) is 1.91. The number of aromatic nitrogens is 3. The summed E-state index contributed by atoms with van der Waals surface area (Å²) in [5.74, 6) is 1.74. The van der Waals surface area contributed by atoms with Crippen LogP contribution in [0.1, 0.15) is 12.0 Å². The number of thioether (sulfide) groups is 1. The second-order valence-corrected chi connectivity index (χ2v) is 6.24. The highest BCUT2D eigenvalue weighted by atomic mass is 32.2. The molecule has 1 N–H and O–H groups in total. The van der Waals surface area contributed by atoms with E-state index in [2.05, 4.69) is 15.5 Å². The largest absolute Gasteiger partial charge is 0.461 e. The fourth-order valence-electron chi connectivity index (χ4n) is 2.19. The van der Waals surface area contributed by atoms with Crippen LogP contribution in [0, 0.1) is 11.3 Å². The topological polar surface area (TPSA) is 96.7 Å². The highest BCUT2D eigenvalue weighted by molar-refractivity contribution is 7.99. The average molecular weight is 353 g/mol. The Morgan fingerprint density at radius 3 is 3.00 bits per heavy atom. The van der Waals surface area contributed by atoms with Gasteiger partial charge in [0.1, 0.15) is 0 Å². The van der Waals surface area contributed by atoms with E-state index in [0.29, 0.717) is 40.2 Å². The van der Waals surface area contributed by atoms with Crippen LogP contribution in [0.5, 0.6) is 0 Å². The Labute approximate surface area is 148 Å². The fourth-order valence-corrected chi connectivity index (χ4v) is 3.03. The third-order valence-corrected chi connectivity index (χ3v) is 4.43. The quantitative estimate of drug-likeness (QED) is 0.684. The molecule has 8 heteroatoms. The molecule has 0 fully saturated rings. The lowest BCUT2D eigenvalue weighted by atomic mass is 10.2. The number of nitriles is 1. The van der Waals surface area contributed by atoms with Crippen LogP contribution >= 0.6 is 11.8 Å². The number of carbonyl (C=O) groups is 1. The van der Waals surface area contributed by atoms with Crippen LogP contribution in [0.2, 0.25) is 0 Å². The molecule has 25 heavy (non-hydrogen) atoms. The molecule has 0 aliphatic carbocycles. The van der Waals surface area contributed by atoms with E-state index < -0.39 is 0 Å². The van der Waals surface area contributed by atoms with Gasteiger partial charge in [0.05, 0.1) is 17.9 Å². The van der Waals surface area contributed by atoms with Gasteiger partial charge >= 0.3 is 0 Å². The first-order chi connectivity index (χ1) is 12.2. The van der Waals surface area contributed by atoms with Crippen molar-refractivity contribution < 1.29 is 9.21 Å². The molecule has 7 nitrogen and oxygen atoms in total. The standard InChI is InChI=1S/C17H15N5O2S/c1-22-16(14-6-3-8-24-14)20-21-17(22)25-9-7-15(23)19-13-5-2-4-12(10-13)11-18/h2-6,8,10H,7,9H2,1H3,(H,19,23). The smallest absolute Gasteiger partial charge is 0.225 e. The van der Waals surface area contributed by atoms with Crippen molar-refractivity contribution in [3.05, 3.63) is 48.2 Å². The molecule has 0 saturated carbocycles. The Kier molecular flexibility index (Phi) is 5.16. The number of carbonyl (C=O) groups excluding carboxylic acids is 1. The van der Waals surface area contributed by atoms with Crippen molar-refractivity contribution in [3.8, 4) is 17.7 Å². The number of furan rings is 1. The second-order valence-electron chi connectivity index (χ2n) is 5.18. The summed E-state index contributed by atoms with van der Waals surface area (Å²) in [5.41, 5.74) is 1.13. The minimum Gasteiger partial charge on any atom is -0.461 e. The van der Waals surface area contributed by atoms with E-state index >= 15 is 0 Å². The van der Waals surface area contributed by atoms with Crippen molar-refractivity contribution in [2.75, 3.05) is 11.1 Å². The lowest BCUT2D eigenvalue weighted by molar-refractivity contribution is -0.115. The minimum absolute atomic E-state index is 0.115. The normalized spacial score (nSPS) is 10.4. The Morgan fingerprint density at radius 1 is 1.36 bits per heavy atom. The van der Waals surface area contributed by atoms with E-state index in [1.807, 2.05) is 23.8 Å². The van der Waals surface area contributed by atoms with Gasteiger partial charge in [-0.15, -0.1) is 10.2 Å². The zero-order valence-corrected chi connectivity index (χ0v) is 14.3. The van der Waals surface area contributed by atoms with Crippen molar-refractivity contribution in [2.45, 2.75) is 11.6 Å². The maximum Gasteiger partial charge on any atom is 0.225 e. The summed E-state index contributed by atoms with van der Waals surface area (Å²) >= 11 is 1.45. The summed E-state index contributed by atoms with van der Waals surface area (Å²) < 4.78 is 7.15. The van der Waals surface area contributed by atoms with Gasteiger partial charge in [-0.3, -0.25) is 4.79 Å². The number of hydrogen-bond acceptors (Lipinski definition) is 6. The first-order valence-electron chi connectivity index (χ1n) is 7.53. The molecule has 3 rings (SSSR count). The fraction of sp³-hybridized carbons (Fsp3) is 0.176. The lowest BCUT2D eigenvalue weighted by Crippen LogP contribution is -2.12. The molecule has 0 atom stereocenters. The average Bonchev–Trinajstić information content (AvgIpc) is 3.25. The molecule has 2 heterocycles. The van der Waals surface area contributed by atoms with Crippen LogP contribution < -0.4 is 5.32 Å². The van der Waals surface area contributed by atoms with Crippen molar-refractivity contribution in [2.24, 2.45) is 7.05 Å². The molecule has 1 aromatic carbocycles. The van der Waals surface area contributed by atoms with Crippen LogP contribution in [0.4, 0.5) is 5.69 Å². The van der Waals surface area contributed by atoms with E-state index in [0.717, 1.165) is 0 Å². The third-order valence-electron chi connectivity index (χ3n) is 3.41. The number of benzene rings is 1. The molecular weight excluding hydrogens is 338 g/mol. The number of anilines is 1. The highest BCUT2D eigenvalue weighted by Crippen LogP contribution is 2.23. The highest BCUT2D eigenvalue weighted by Gasteiger charge is 2.13. The molecule has 3 aromatic rings. The van der Waals surface area contributed by atoms with Crippen LogP contribution in [0.15, 0.2) is 52.2 Å². The van der Waals surface area contributed by atoms with E-state index in [-0.39, 0.29) is 5.91 Å². The number of rotatable bonds is 6. The number of nitrogens with zero attached hydrogens (tertiary/aromatic N) is 4. The predicted molar refractivity (Wildman–Crippen MR) is 93.8 cm³/mol. The summed E-state index contributed by atoms with van der Waals surface area (Å²) in [5, 5.41) is 20.6. The van der Waals surface area contributed by atoms with Gasteiger partial charge in [-0.25, -0.2) is 0 Å². The van der Waals surface area contributed by atoms with E-state index in [9.17, 15) is 4.79 Å². The summed E-state index contributed by atoms with van der Waals surface area (Å²) in [4.78, 5) is 12.0. The van der Waals surface area contributed by atoms with E-state index in [1.165, 1.54) is 11.8 Å². The lowest BCUT2D eigenvalue weighted by Gasteiger charge is -2.05. The molecule has 0 aliphatic heterocycles. The van der Waals surface area contributed by atoms with Crippen molar-refractivity contribution in [1.82, 2.24) is 14.8 Å². The van der Waals surface area contributed by atoms with Crippen LogP contribution in [0.3, 0.4) is 0 Å².